The van der Waals surface area contributed by atoms with Crippen molar-refractivity contribution >= 4 is 17.6 Å². The van der Waals surface area contributed by atoms with Gasteiger partial charge in [0.2, 0.25) is 5.91 Å². The predicted octanol–water partition coefficient (Wildman–Crippen LogP) is 2.77. The van der Waals surface area contributed by atoms with Crippen LogP contribution in [0.25, 0.3) is 0 Å². The number of halogens is 1. The number of aliphatic imine (C=N–C) groups is 1. The quantitative estimate of drug-likeness (QED) is 0.364. The number of terminal acetylenes is 1. The fraction of sp³-hybridized carbons (Fsp3) is 0.273. The number of amides is 1. The Morgan fingerprint density at radius 3 is 2.76 bits per heavy atom. The lowest BCUT2D eigenvalue weighted by Gasteiger charge is -2.18. The van der Waals surface area contributed by atoms with E-state index < -0.39 is 5.82 Å². The van der Waals surface area contributed by atoms with Crippen LogP contribution in [0.1, 0.15) is 19.4 Å². The third-order valence-electron chi connectivity index (χ3n) is 3.76. The number of para-hydroxylation sites is 1. The van der Waals surface area contributed by atoms with Crippen LogP contribution in [0.15, 0.2) is 53.5 Å². The Morgan fingerprint density at radius 2 is 2.03 bits per heavy atom. The fourth-order valence-corrected chi connectivity index (χ4v) is 2.42. The third-order valence-corrected chi connectivity index (χ3v) is 3.76. The molecule has 0 saturated carbocycles. The van der Waals surface area contributed by atoms with Gasteiger partial charge in [-0.15, -0.1) is 6.42 Å². The van der Waals surface area contributed by atoms with E-state index >= 15 is 0 Å². The second kappa shape index (κ2) is 11.3. The van der Waals surface area contributed by atoms with Crippen molar-refractivity contribution in [3.63, 3.8) is 0 Å². The van der Waals surface area contributed by atoms with Gasteiger partial charge in [0.25, 0.3) is 0 Å². The molecule has 0 aliphatic carbocycles. The van der Waals surface area contributed by atoms with Crippen molar-refractivity contribution in [2.75, 3.05) is 25.0 Å². The number of benzene rings is 2. The highest BCUT2D eigenvalue weighted by atomic mass is 19.1. The highest BCUT2D eigenvalue weighted by Gasteiger charge is 2.09. The molecular formula is C22H25FN4O2. The molecule has 0 saturated heterocycles. The van der Waals surface area contributed by atoms with Crippen LogP contribution >= 0.6 is 0 Å². The molecule has 1 atom stereocenters. The van der Waals surface area contributed by atoms with E-state index in [1.54, 1.807) is 42.5 Å². The Kier molecular flexibility index (Phi) is 8.51. The van der Waals surface area contributed by atoms with E-state index in [1.807, 2.05) is 13.8 Å². The minimum absolute atomic E-state index is 0.0713. The van der Waals surface area contributed by atoms with Crippen LogP contribution in [-0.2, 0) is 4.79 Å². The molecular weight excluding hydrogens is 371 g/mol. The molecule has 0 radical (unpaired) electrons. The van der Waals surface area contributed by atoms with E-state index in [4.69, 9.17) is 11.2 Å². The lowest BCUT2D eigenvalue weighted by molar-refractivity contribution is -0.114. The largest absolute Gasteiger partial charge is 0.486 e. The normalized spacial score (nSPS) is 11.9. The molecule has 7 heteroatoms. The monoisotopic (exact) mass is 396 g/mol. The summed E-state index contributed by atoms with van der Waals surface area (Å²) in [5.74, 6) is 2.49. The molecule has 29 heavy (non-hydrogen) atoms. The molecule has 0 aliphatic heterocycles. The Balaban J connectivity index is 1.87. The number of carbonyl (C=O) groups is 1. The molecule has 0 spiro atoms. The number of carbonyl (C=O) groups excluding carboxylic acids is 1. The first-order valence-electron chi connectivity index (χ1n) is 9.31. The van der Waals surface area contributed by atoms with E-state index in [2.05, 4.69) is 26.9 Å². The zero-order valence-electron chi connectivity index (χ0n) is 16.5. The molecule has 0 aromatic heterocycles. The Labute approximate surface area is 170 Å². The summed E-state index contributed by atoms with van der Waals surface area (Å²) in [6.45, 7) is 4.67. The first-order chi connectivity index (χ1) is 14.0. The van der Waals surface area contributed by atoms with E-state index in [9.17, 15) is 9.18 Å². The average Bonchev–Trinajstić information content (AvgIpc) is 2.72. The number of hydrogen-bond donors (Lipinski definition) is 3. The van der Waals surface area contributed by atoms with Crippen molar-refractivity contribution in [1.82, 2.24) is 10.6 Å². The van der Waals surface area contributed by atoms with Crippen molar-refractivity contribution in [1.29, 1.82) is 0 Å². The van der Waals surface area contributed by atoms with Crippen LogP contribution in [0.3, 0.4) is 0 Å². The minimum atomic E-state index is -0.412. The Bertz CT molecular complexity index is 892. The van der Waals surface area contributed by atoms with E-state index in [-0.39, 0.29) is 24.3 Å². The van der Waals surface area contributed by atoms with Gasteiger partial charge in [-0.2, -0.15) is 0 Å². The Hall–Kier alpha value is -3.53. The van der Waals surface area contributed by atoms with Gasteiger partial charge >= 0.3 is 0 Å². The molecule has 1 unspecified atom stereocenters. The van der Waals surface area contributed by atoms with Gasteiger partial charge in [-0.3, -0.25) is 4.79 Å². The maximum Gasteiger partial charge on any atom is 0.246 e. The van der Waals surface area contributed by atoms with Gasteiger partial charge in [0.15, 0.2) is 17.5 Å². The molecule has 0 heterocycles. The van der Waals surface area contributed by atoms with Crippen LogP contribution in [0.4, 0.5) is 10.1 Å². The van der Waals surface area contributed by atoms with Gasteiger partial charge in [0.05, 0.1) is 6.54 Å². The van der Waals surface area contributed by atoms with Crippen molar-refractivity contribution < 1.29 is 13.9 Å². The molecule has 1 amide bonds. The molecule has 0 bridgehead atoms. The second-order valence-corrected chi connectivity index (χ2v) is 6.21. The summed E-state index contributed by atoms with van der Waals surface area (Å²) in [5, 5.41) is 8.89. The van der Waals surface area contributed by atoms with E-state index in [1.165, 1.54) is 6.07 Å². The lowest BCUT2D eigenvalue weighted by atomic mass is 10.2. The van der Waals surface area contributed by atoms with Gasteiger partial charge in [-0.1, -0.05) is 24.1 Å². The lowest BCUT2D eigenvalue weighted by Crippen LogP contribution is -2.42. The van der Waals surface area contributed by atoms with Gasteiger partial charge in [-0.25, -0.2) is 9.38 Å². The standard InChI is InChI=1S/C22H25FN4O2/c1-4-17-9-8-10-18(13-17)27-21(28)15-26-22(24-5-2)25-14-16(3)29-20-12-7-6-11-19(20)23/h1,6-13,16H,5,14-15H2,2-3H3,(H,27,28)(H2,24,25,26). The number of guanidine groups is 1. The van der Waals surface area contributed by atoms with Gasteiger partial charge < -0.3 is 20.7 Å². The van der Waals surface area contributed by atoms with Gasteiger partial charge in [0.1, 0.15) is 12.6 Å². The minimum Gasteiger partial charge on any atom is -0.486 e. The van der Waals surface area contributed by atoms with Crippen molar-refractivity contribution in [3.05, 3.63) is 59.9 Å². The summed E-state index contributed by atoms with van der Waals surface area (Å²) < 4.78 is 19.3. The zero-order chi connectivity index (χ0) is 21.1. The third kappa shape index (κ3) is 7.54. The first kappa shape index (κ1) is 21.8. The summed E-state index contributed by atoms with van der Waals surface area (Å²) in [6, 6.07) is 13.3. The van der Waals surface area contributed by atoms with E-state index in [0.29, 0.717) is 30.3 Å². The second-order valence-electron chi connectivity index (χ2n) is 6.21. The first-order valence-corrected chi connectivity index (χ1v) is 9.31. The SMILES string of the molecule is C#Cc1cccc(NC(=O)CN=C(NCC)NCC(C)Oc2ccccc2F)c1. The number of nitrogens with one attached hydrogen (secondary N) is 3. The number of anilines is 1. The van der Waals surface area contributed by atoms with Crippen molar-refractivity contribution in [2.24, 2.45) is 4.99 Å². The maximum absolute atomic E-state index is 13.7. The average molecular weight is 396 g/mol. The van der Waals surface area contributed by atoms with Crippen LogP contribution < -0.4 is 20.7 Å². The van der Waals surface area contributed by atoms with Crippen LogP contribution in [0.5, 0.6) is 5.75 Å². The highest BCUT2D eigenvalue weighted by Crippen LogP contribution is 2.16. The van der Waals surface area contributed by atoms with Crippen LogP contribution in [0.2, 0.25) is 0 Å². The number of rotatable bonds is 8. The van der Waals surface area contributed by atoms with Gasteiger partial charge in [0, 0.05) is 17.8 Å². The van der Waals surface area contributed by atoms with Crippen LogP contribution in [0, 0.1) is 18.2 Å². The Morgan fingerprint density at radius 1 is 1.24 bits per heavy atom. The summed E-state index contributed by atoms with van der Waals surface area (Å²) >= 11 is 0. The predicted molar refractivity (Wildman–Crippen MR) is 113 cm³/mol. The van der Waals surface area contributed by atoms with Crippen molar-refractivity contribution in [2.45, 2.75) is 20.0 Å². The zero-order valence-corrected chi connectivity index (χ0v) is 16.5. The molecule has 2 aromatic carbocycles. The molecule has 152 valence electrons. The molecule has 0 aliphatic rings. The highest BCUT2D eigenvalue weighted by molar-refractivity contribution is 5.94. The van der Waals surface area contributed by atoms with E-state index in [0.717, 1.165) is 0 Å². The summed E-state index contributed by atoms with van der Waals surface area (Å²) in [5.41, 5.74) is 1.30. The number of nitrogens with zero attached hydrogens (tertiary/aromatic N) is 1. The molecule has 0 fully saturated rings. The molecule has 2 rings (SSSR count). The number of hydrogen-bond acceptors (Lipinski definition) is 3. The van der Waals surface area contributed by atoms with Crippen LogP contribution in [-0.4, -0.2) is 37.6 Å². The van der Waals surface area contributed by atoms with Crippen molar-refractivity contribution in [3.8, 4) is 18.1 Å². The smallest absolute Gasteiger partial charge is 0.246 e. The molecule has 6 nitrogen and oxygen atoms in total. The van der Waals surface area contributed by atoms with Gasteiger partial charge in [-0.05, 0) is 44.2 Å². The maximum atomic E-state index is 13.7. The summed E-state index contributed by atoms with van der Waals surface area (Å²) in [4.78, 5) is 16.4. The fourth-order valence-electron chi connectivity index (χ4n) is 2.42. The summed E-state index contributed by atoms with van der Waals surface area (Å²) in [7, 11) is 0. The molecule has 2 aromatic rings. The molecule has 3 N–H and O–H groups in total. The number of ether oxygens (including phenoxy) is 1. The summed E-state index contributed by atoms with van der Waals surface area (Å²) in [6.07, 6.45) is 5.05. The topological polar surface area (TPSA) is 74.8 Å².